The molecule has 0 saturated heterocycles. The van der Waals surface area contributed by atoms with Crippen molar-refractivity contribution in [2.45, 2.75) is 31.8 Å². The van der Waals surface area contributed by atoms with E-state index in [2.05, 4.69) is 10.3 Å². The number of carbonyl (C=O) groups excluding carboxylic acids is 2. The number of anilines is 1. The Morgan fingerprint density at radius 3 is 2.61 bits per heavy atom. The number of nitrogens with one attached hydrogen (secondary N) is 1. The summed E-state index contributed by atoms with van der Waals surface area (Å²) in [5.41, 5.74) is 8.65. The molecule has 7 nitrogen and oxygen atoms in total. The molecule has 2 amide bonds. The van der Waals surface area contributed by atoms with Crippen molar-refractivity contribution >= 4 is 28.8 Å². The van der Waals surface area contributed by atoms with Crippen LogP contribution < -0.4 is 11.1 Å². The Morgan fingerprint density at radius 2 is 2.04 bits per heavy atom. The van der Waals surface area contributed by atoms with Gasteiger partial charge in [0.2, 0.25) is 0 Å². The average molecular weight is 402 g/mol. The molecule has 2 aromatic rings. The number of hydrogen-bond acceptors (Lipinski definition) is 6. The lowest BCUT2D eigenvalue weighted by atomic mass is 10.1. The van der Waals surface area contributed by atoms with Crippen LogP contribution >= 0.6 is 11.3 Å². The van der Waals surface area contributed by atoms with Crippen LogP contribution in [0, 0.1) is 0 Å². The normalized spacial score (nSPS) is 13.5. The molecule has 3 N–H and O–H groups in total. The van der Waals surface area contributed by atoms with E-state index in [0.29, 0.717) is 30.5 Å². The molecule has 0 unspecified atom stereocenters. The van der Waals surface area contributed by atoms with Crippen molar-refractivity contribution in [3.8, 4) is 0 Å². The molecule has 1 saturated carbocycles. The number of Topliss-reactive ketones (excluding diaryl/α,β-unsaturated/α-hetero) is 1. The summed E-state index contributed by atoms with van der Waals surface area (Å²) < 4.78 is 0. The van der Waals surface area contributed by atoms with E-state index in [1.54, 1.807) is 17.2 Å². The molecule has 0 aliphatic heterocycles. The van der Waals surface area contributed by atoms with E-state index in [9.17, 15) is 9.59 Å². The summed E-state index contributed by atoms with van der Waals surface area (Å²) >= 11 is 1.49. The number of pyridine rings is 1. The zero-order chi connectivity index (χ0) is 20.1. The van der Waals surface area contributed by atoms with Crippen LogP contribution in [0.2, 0.25) is 0 Å². The minimum Gasteiger partial charge on any atom is -0.398 e. The summed E-state index contributed by atoms with van der Waals surface area (Å²) in [5.74, 6) is -0.0624. The van der Waals surface area contributed by atoms with Gasteiger partial charge in [0.15, 0.2) is 5.78 Å². The average Bonchev–Trinajstić information content (AvgIpc) is 3.39. The van der Waals surface area contributed by atoms with E-state index in [0.717, 1.165) is 30.5 Å². The Morgan fingerprint density at radius 1 is 1.25 bits per heavy atom. The lowest BCUT2D eigenvalue weighted by Gasteiger charge is -2.24. The number of aromatic nitrogens is 1. The second kappa shape index (κ2) is 9.16. The number of likely N-dealkylation sites (N-methyl/N-ethyl adjacent to an activating group) is 1. The van der Waals surface area contributed by atoms with Gasteiger partial charge in [0, 0.05) is 49.4 Å². The zero-order valence-electron chi connectivity index (χ0n) is 16.4. The minimum absolute atomic E-state index is 0.0440. The topological polar surface area (TPSA) is 91.6 Å². The number of carbonyl (C=O) groups is 2. The lowest BCUT2D eigenvalue weighted by Crippen LogP contribution is -2.43. The van der Waals surface area contributed by atoms with E-state index in [4.69, 9.17) is 5.73 Å². The van der Waals surface area contributed by atoms with E-state index < -0.39 is 0 Å². The van der Waals surface area contributed by atoms with Crippen molar-refractivity contribution < 1.29 is 9.59 Å². The molecule has 0 aromatic carbocycles. The zero-order valence-corrected chi connectivity index (χ0v) is 17.2. The van der Waals surface area contributed by atoms with Gasteiger partial charge in [-0.3, -0.25) is 9.78 Å². The second-order valence-electron chi connectivity index (χ2n) is 7.45. The van der Waals surface area contributed by atoms with E-state index in [1.165, 1.54) is 11.3 Å². The number of ketones is 1. The first kappa shape index (κ1) is 20.3. The minimum atomic E-state index is -0.0624. The molecule has 8 heteroatoms. The second-order valence-corrected chi connectivity index (χ2v) is 8.20. The molecule has 1 fully saturated rings. The highest BCUT2D eigenvalue weighted by Crippen LogP contribution is 2.20. The number of thiophene rings is 1. The van der Waals surface area contributed by atoms with Crippen molar-refractivity contribution in [2.24, 2.45) is 0 Å². The molecule has 1 aliphatic carbocycles. The molecule has 3 rings (SSSR count). The smallest absolute Gasteiger partial charge is 0.317 e. The summed E-state index contributed by atoms with van der Waals surface area (Å²) in [5, 5.41) is 6.76. The predicted molar refractivity (Wildman–Crippen MR) is 112 cm³/mol. The van der Waals surface area contributed by atoms with Crippen LogP contribution in [0.3, 0.4) is 0 Å². The SMILES string of the molecule is CN(C)CCN(Cc1ccc(C(=O)Cc2cscc2N)nc1)C(=O)NC1CC1. The van der Waals surface area contributed by atoms with Gasteiger partial charge in [0.05, 0.1) is 0 Å². The molecule has 0 spiro atoms. The maximum atomic E-state index is 12.5. The van der Waals surface area contributed by atoms with Crippen molar-refractivity contribution in [3.05, 3.63) is 45.9 Å². The molecular weight excluding hydrogens is 374 g/mol. The number of urea groups is 1. The van der Waals surface area contributed by atoms with Gasteiger partial charge >= 0.3 is 6.03 Å². The summed E-state index contributed by atoms with van der Waals surface area (Å²) in [7, 11) is 3.97. The highest BCUT2D eigenvalue weighted by molar-refractivity contribution is 7.08. The summed E-state index contributed by atoms with van der Waals surface area (Å²) in [6, 6.07) is 3.86. The molecule has 150 valence electrons. The van der Waals surface area contributed by atoms with Gasteiger partial charge in [0.25, 0.3) is 0 Å². The van der Waals surface area contributed by atoms with Crippen molar-refractivity contribution in [2.75, 3.05) is 32.9 Å². The van der Waals surface area contributed by atoms with Crippen LogP contribution in [-0.2, 0) is 13.0 Å². The molecule has 2 heterocycles. The van der Waals surface area contributed by atoms with Crippen LogP contribution in [0.1, 0.15) is 34.5 Å². The van der Waals surface area contributed by atoms with Crippen LogP contribution in [-0.4, -0.2) is 59.8 Å². The van der Waals surface area contributed by atoms with Crippen LogP contribution in [0.4, 0.5) is 10.5 Å². The van der Waals surface area contributed by atoms with Gasteiger partial charge in [-0.25, -0.2) is 4.79 Å². The number of nitrogens with zero attached hydrogens (tertiary/aromatic N) is 3. The van der Waals surface area contributed by atoms with E-state index in [1.807, 2.05) is 35.8 Å². The molecule has 28 heavy (non-hydrogen) atoms. The maximum Gasteiger partial charge on any atom is 0.317 e. The number of amides is 2. The summed E-state index contributed by atoms with van der Waals surface area (Å²) in [6.07, 6.45) is 4.04. The molecule has 0 atom stereocenters. The van der Waals surface area contributed by atoms with Crippen molar-refractivity contribution in [1.82, 2.24) is 20.1 Å². The first-order chi connectivity index (χ1) is 13.4. The van der Waals surface area contributed by atoms with Crippen molar-refractivity contribution in [1.29, 1.82) is 0 Å². The molecular formula is C20H27N5O2S. The third kappa shape index (κ3) is 5.77. The van der Waals surface area contributed by atoms with Gasteiger partial charge in [-0.05, 0) is 49.5 Å². The lowest BCUT2D eigenvalue weighted by molar-refractivity contribution is 0.0988. The third-order valence-corrected chi connectivity index (χ3v) is 5.43. The Balaban J connectivity index is 1.61. The fourth-order valence-corrected chi connectivity index (χ4v) is 3.46. The summed E-state index contributed by atoms with van der Waals surface area (Å²) in [4.78, 5) is 33.1. The molecule has 0 radical (unpaired) electrons. The van der Waals surface area contributed by atoms with Gasteiger partial charge in [-0.1, -0.05) is 6.07 Å². The fourth-order valence-electron chi connectivity index (χ4n) is 2.71. The molecule has 2 aromatic heterocycles. The molecule has 0 bridgehead atoms. The first-order valence-corrected chi connectivity index (χ1v) is 10.4. The highest BCUT2D eigenvalue weighted by Gasteiger charge is 2.26. The summed E-state index contributed by atoms with van der Waals surface area (Å²) in [6.45, 7) is 1.87. The number of hydrogen-bond donors (Lipinski definition) is 2. The van der Waals surface area contributed by atoms with Crippen LogP contribution in [0.5, 0.6) is 0 Å². The number of rotatable bonds is 9. The Bertz CT molecular complexity index is 814. The molecule has 1 aliphatic rings. The number of nitrogen functional groups attached to an aromatic ring is 1. The first-order valence-electron chi connectivity index (χ1n) is 9.41. The van der Waals surface area contributed by atoms with Crippen molar-refractivity contribution in [3.63, 3.8) is 0 Å². The Labute approximate surface area is 169 Å². The van der Waals surface area contributed by atoms with E-state index in [-0.39, 0.29) is 18.2 Å². The van der Waals surface area contributed by atoms with Gasteiger partial charge in [-0.15, -0.1) is 11.3 Å². The largest absolute Gasteiger partial charge is 0.398 e. The fraction of sp³-hybridized carbons (Fsp3) is 0.450. The monoisotopic (exact) mass is 401 g/mol. The Kier molecular flexibility index (Phi) is 6.64. The van der Waals surface area contributed by atoms with Gasteiger partial charge < -0.3 is 20.9 Å². The maximum absolute atomic E-state index is 12.5. The van der Waals surface area contributed by atoms with E-state index >= 15 is 0 Å². The Hall–Kier alpha value is -2.45. The quantitative estimate of drug-likeness (QED) is 0.630. The highest BCUT2D eigenvalue weighted by atomic mass is 32.1. The van der Waals surface area contributed by atoms with Crippen LogP contribution in [0.25, 0.3) is 0 Å². The standard InChI is InChI=1S/C20H27N5O2S/c1-24(2)7-8-25(20(27)23-16-4-5-16)11-14-3-6-18(22-10-14)19(26)9-15-12-28-13-17(15)21/h3,6,10,12-13,16H,4-5,7-9,11,21H2,1-2H3,(H,23,27). The number of nitrogens with two attached hydrogens (primary N) is 1. The van der Waals surface area contributed by atoms with Gasteiger partial charge in [0.1, 0.15) is 5.69 Å². The van der Waals surface area contributed by atoms with Crippen LogP contribution in [0.15, 0.2) is 29.1 Å². The predicted octanol–water partition coefficient (Wildman–Crippen LogP) is 2.39. The third-order valence-electron chi connectivity index (χ3n) is 4.62. The van der Waals surface area contributed by atoms with Gasteiger partial charge in [-0.2, -0.15) is 0 Å².